The molecule has 0 saturated heterocycles. The first kappa shape index (κ1) is 20.6. The van der Waals surface area contributed by atoms with E-state index in [1.54, 1.807) is 6.20 Å². The molecular weight excluding hydrogens is 370 g/mol. The van der Waals surface area contributed by atoms with Gasteiger partial charge in [-0.25, -0.2) is 4.98 Å². The lowest BCUT2D eigenvalue weighted by molar-refractivity contribution is -0.577. The fourth-order valence-electron chi connectivity index (χ4n) is 4.62. The molecule has 1 unspecified atom stereocenters. The summed E-state index contributed by atoms with van der Waals surface area (Å²) in [4.78, 5) is 4.80. The maximum Gasteiger partial charge on any atom is 0.223 e. The number of aryl methyl sites for hydroxylation is 2. The maximum atomic E-state index is 12.4. The minimum atomic E-state index is 0.461. The third-order valence-corrected chi connectivity index (χ3v) is 6.41. The number of pyridine rings is 2. The second-order valence-corrected chi connectivity index (χ2v) is 8.56. The summed E-state index contributed by atoms with van der Waals surface area (Å²) < 4.78 is 1.04. The number of hydrogen-bond acceptors (Lipinski definition) is 3. The van der Waals surface area contributed by atoms with E-state index in [2.05, 4.69) is 30.4 Å². The van der Waals surface area contributed by atoms with Gasteiger partial charge in [-0.15, -0.1) is 0 Å². The van der Waals surface area contributed by atoms with E-state index in [0.717, 1.165) is 53.7 Å². The molecule has 0 radical (unpaired) electrons. The summed E-state index contributed by atoms with van der Waals surface area (Å²) in [5, 5.41) is 16.8. The van der Waals surface area contributed by atoms with Crippen LogP contribution in [0.25, 0.3) is 10.9 Å². The van der Waals surface area contributed by atoms with Gasteiger partial charge in [0, 0.05) is 29.3 Å². The number of rotatable bonds is 9. The first-order chi connectivity index (χ1) is 14.7. The molecule has 0 amide bonds. The summed E-state index contributed by atoms with van der Waals surface area (Å²) in [5.41, 5.74) is 4.51. The van der Waals surface area contributed by atoms with Crippen LogP contribution in [0.3, 0.4) is 0 Å². The molecule has 0 saturated carbocycles. The van der Waals surface area contributed by atoms with Crippen molar-refractivity contribution in [3.8, 4) is 0 Å². The molecule has 1 aliphatic heterocycles. The smallest absolute Gasteiger partial charge is 0.223 e. The summed E-state index contributed by atoms with van der Waals surface area (Å²) >= 11 is 0. The maximum absolute atomic E-state index is 12.4. The van der Waals surface area contributed by atoms with E-state index in [4.69, 9.17) is 4.98 Å². The lowest BCUT2D eigenvalue weighted by Crippen LogP contribution is -2.27. The van der Waals surface area contributed by atoms with E-state index in [9.17, 15) is 5.21 Å². The summed E-state index contributed by atoms with van der Waals surface area (Å²) in [5.74, 6) is 1.57. The number of unbranched alkanes of at least 4 members (excludes halogenated alkanes) is 3. The van der Waals surface area contributed by atoms with E-state index in [0.29, 0.717) is 5.92 Å². The summed E-state index contributed by atoms with van der Waals surface area (Å²) in [6, 6.07) is 14.5. The molecule has 0 aliphatic carbocycles. The van der Waals surface area contributed by atoms with Crippen LogP contribution in [0, 0.1) is 5.21 Å². The van der Waals surface area contributed by atoms with Crippen LogP contribution in [-0.2, 0) is 12.8 Å². The van der Waals surface area contributed by atoms with Crippen LogP contribution in [0.2, 0.25) is 0 Å². The highest BCUT2D eigenvalue weighted by Crippen LogP contribution is 2.27. The van der Waals surface area contributed by atoms with Gasteiger partial charge in [-0.2, -0.15) is 4.73 Å². The Labute approximate surface area is 179 Å². The fraction of sp³-hybridized carbons (Fsp3) is 0.462. The Hall–Kier alpha value is -2.62. The molecule has 30 heavy (non-hydrogen) atoms. The predicted molar refractivity (Wildman–Crippen MR) is 124 cm³/mol. The van der Waals surface area contributed by atoms with Gasteiger partial charge in [0.05, 0.1) is 0 Å². The molecule has 1 aliphatic rings. The molecule has 1 atom stereocenters. The van der Waals surface area contributed by atoms with Crippen LogP contribution in [0.1, 0.15) is 74.6 Å². The third kappa shape index (κ3) is 4.92. The Morgan fingerprint density at radius 1 is 1.10 bits per heavy atom. The Kier molecular flexibility index (Phi) is 6.83. The first-order valence-electron chi connectivity index (χ1n) is 11.6. The normalized spacial score (nSPS) is 14.3. The largest absolute Gasteiger partial charge is 0.618 e. The van der Waals surface area contributed by atoms with Crippen molar-refractivity contribution in [3.63, 3.8) is 0 Å². The Morgan fingerprint density at radius 2 is 1.97 bits per heavy atom. The monoisotopic (exact) mass is 403 g/mol. The highest BCUT2D eigenvalue weighted by atomic mass is 16.5. The predicted octanol–water partition coefficient (Wildman–Crippen LogP) is 5.91. The molecule has 4 nitrogen and oxygen atoms in total. The van der Waals surface area contributed by atoms with Gasteiger partial charge in [-0.3, -0.25) is 0 Å². The summed E-state index contributed by atoms with van der Waals surface area (Å²) in [7, 11) is 0. The molecule has 4 rings (SSSR count). The third-order valence-electron chi connectivity index (χ3n) is 6.41. The minimum Gasteiger partial charge on any atom is -0.618 e. The van der Waals surface area contributed by atoms with Gasteiger partial charge in [-0.1, -0.05) is 44.4 Å². The number of aromatic nitrogens is 2. The zero-order chi connectivity index (χ0) is 20.8. The van der Waals surface area contributed by atoms with E-state index < -0.39 is 0 Å². The average molecular weight is 404 g/mol. The van der Waals surface area contributed by atoms with E-state index in [1.165, 1.54) is 48.9 Å². The van der Waals surface area contributed by atoms with Crippen LogP contribution in [0.15, 0.2) is 48.7 Å². The molecular formula is C26H33N3O. The van der Waals surface area contributed by atoms with Crippen LogP contribution in [-0.4, -0.2) is 11.5 Å². The van der Waals surface area contributed by atoms with Gasteiger partial charge in [0.15, 0.2) is 6.20 Å². The summed E-state index contributed by atoms with van der Waals surface area (Å²) in [6.45, 7) is 3.27. The molecule has 1 N–H and O–H groups in total. The molecule has 3 heterocycles. The second kappa shape index (κ2) is 9.92. The minimum absolute atomic E-state index is 0.461. The molecule has 0 bridgehead atoms. The quantitative estimate of drug-likeness (QED) is 0.274. The van der Waals surface area contributed by atoms with Crippen molar-refractivity contribution in [3.05, 3.63) is 70.7 Å². The van der Waals surface area contributed by atoms with Crippen molar-refractivity contribution in [2.45, 2.75) is 70.6 Å². The van der Waals surface area contributed by atoms with Crippen molar-refractivity contribution >= 4 is 16.7 Å². The Balaban J connectivity index is 1.24. The van der Waals surface area contributed by atoms with Crippen LogP contribution < -0.4 is 10.0 Å². The van der Waals surface area contributed by atoms with Crippen LogP contribution in [0.5, 0.6) is 0 Å². The van der Waals surface area contributed by atoms with Crippen LogP contribution >= 0.6 is 0 Å². The zero-order valence-electron chi connectivity index (χ0n) is 18.1. The number of hydrogen-bond donors (Lipinski definition) is 1. The molecule has 3 aromatic rings. The molecule has 1 aromatic carbocycles. The van der Waals surface area contributed by atoms with Crippen molar-refractivity contribution in [2.24, 2.45) is 0 Å². The lowest BCUT2D eigenvalue weighted by Gasteiger charge is -2.17. The van der Waals surface area contributed by atoms with Gasteiger partial charge in [0.2, 0.25) is 5.52 Å². The van der Waals surface area contributed by atoms with Crippen molar-refractivity contribution < 1.29 is 4.73 Å². The van der Waals surface area contributed by atoms with Gasteiger partial charge in [0.25, 0.3) is 0 Å². The van der Waals surface area contributed by atoms with E-state index in [1.807, 2.05) is 24.3 Å². The van der Waals surface area contributed by atoms with Crippen molar-refractivity contribution in [1.29, 1.82) is 0 Å². The van der Waals surface area contributed by atoms with Crippen molar-refractivity contribution in [1.82, 2.24) is 4.98 Å². The zero-order valence-corrected chi connectivity index (χ0v) is 18.1. The SMILES string of the molecule is CCC(CCCCCCc1ccc2c(n1)NCCC2)c1cc2ccccc2[n+]([O-])c1. The molecule has 4 heteroatoms. The number of nitrogens with zero attached hydrogens (tertiary/aromatic N) is 2. The number of anilines is 1. The Morgan fingerprint density at radius 3 is 2.87 bits per heavy atom. The second-order valence-electron chi connectivity index (χ2n) is 8.56. The first-order valence-corrected chi connectivity index (χ1v) is 11.6. The van der Waals surface area contributed by atoms with Gasteiger partial charge >= 0.3 is 0 Å². The number of para-hydroxylation sites is 1. The van der Waals surface area contributed by atoms with Crippen molar-refractivity contribution in [2.75, 3.05) is 11.9 Å². The molecule has 0 spiro atoms. The fourth-order valence-corrected chi connectivity index (χ4v) is 4.62. The molecule has 0 fully saturated rings. The van der Waals surface area contributed by atoms with E-state index >= 15 is 0 Å². The lowest BCUT2D eigenvalue weighted by atomic mass is 9.91. The van der Waals surface area contributed by atoms with Crippen LogP contribution in [0.4, 0.5) is 5.82 Å². The highest BCUT2D eigenvalue weighted by Gasteiger charge is 2.15. The number of benzene rings is 1. The topological polar surface area (TPSA) is 51.9 Å². The average Bonchev–Trinajstić information content (AvgIpc) is 2.78. The van der Waals surface area contributed by atoms with Gasteiger partial charge in [0.1, 0.15) is 5.82 Å². The number of fused-ring (bicyclic) bond motifs is 2. The number of nitrogens with one attached hydrogen (secondary N) is 1. The van der Waals surface area contributed by atoms with E-state index in [-0.39, 0.29) is 0 Å². The highest BCUT2D eigenvalue weighted by molar-refractivity contribution is 5.76. The molecule has 158 valence electrons. The van der Waals surface area contributed by atoms with Gasteiger partial charge < -0.3 is 10.5 Å². The summed E-state index contributed by atoms with van der Waals surface area (Å²) in [6.07, 6.45) is 12.3. The van der Waals surface area contributed by atoms with Gasteiger partial charge in [-0.05, 0) is 68.2 Å². The molecule has 2 aromatic heterocycles. The standard InChI is InChI=1S/C26H33N3O/c1-2-20(23-18-22-11-7-8-14-25(22)29(30)19-23)10-5-3-4-6-13-24-16-15-21-12-9-17-27-26(21)28-24/h7-8,11,14-16,18-20H,2-6,9-10,12-13,17H2,1H3,(H,27,28). The Bertz CT molecular complexity index is 985.